The Labute approximate surface area is 117 Å². The predicted molar refractivity (Wildman–Crippen MR) is 74.0 cm³/mol. The summed E-state index contributed by atoms with van der Waals surface area (Å²) in [7, 11) is 0. The number of hydrogen-bond acceptors (Lipinski definition) is 3. The number of carbonyl (C=O) groups excluding carboxylic acids is 1. The molecule has 1 saturated heterocycles. The van der Waals surface area contributed by atoms with Crippen LogP contribution in [0.15, 0.2) is 18.2 Å². The minimum atomic E-state index is -0.995. The van der Waals surface area contributed by atoms with Gasteiger partial charge in [0.2, 0.25) is 0 Å². The van der Waals surface area contributed by atoms with Crippen LogP contribution < -0.4 is 5.32 Å². The lowest BCUT2D eigenvalue weighted by Gasteiger charge is -2.30. The molecular weight excluding hydrogens is 260 g/mol. The largest absolute Gasteiger partial charge is 0.478 e. The number of nitrogens with zero attached hydrogens (tertiary/aromatic N) is 1. The Morgan fingerprint density at radius 2 is 2.15 bits per heavy atom. The number of likely N-dealkylation sites (tertiary alicyclic amines) is 1. The SMILES string of the molecule is Cc1cc(C(=O)O)ccc1NC(=O)N1CCCC(O)C1. The Bertz CT molecular complexity index is 530. The summed E-state index contributed by atoms with van der Waals surface area (Å²) in [4.78, 5) is 24.5. The Morgan fingerprint density at radius 1 is 1.40 bits per heavy atom. The summed E-state index contributed by atoms with van der Waals surface area (Å²) in [5.74, 6) is -0.995. The van der Waals surface area contributed by atoms with Gasteiger partial charge in [0, 0.05) is 18.8 Å². The first-order chi connectivity index (χ1) is 9.47. The second-order valence-corrected chi connectivity index (χ2v) is 5.01. The smallest absolute Gasteiger partial charge is 0.335 e. The van der Waals surface area contributed by atoms with Crippen LogP contribution in [-0.2, 0) is 0 Å². The van der Waals surface area contributed by atoms with E-state index in [1.807, 2.05) is 0 Å². The number of urea groups is 1. The van der Waals surface area contributed by atoms with Crippen molar-refractivity contribution in [3.63, 3.8) is 0 Å². The summed E-state index contributed by atoms with van der Waals surface area (Å²) >= 11 is 0. The van der Waals surface area contributed by atoms with Gasteiger partial charge in [-0.3, -0.25) is 0 Å². The lowest BCUT2D eigenvalue weighted by Crippen LogP contribution is -2.44. The first-order valence-electron chi connectivity index (χ1n) is 6.55. The van der Waals surface area contributed by atoms with Crippen LogP contribution in [0.3, 0.4) is 0 Å². The average molecular weight is 278 g/mol. The zero-order valence-electron chi connectivity index (χ0n) is 11.3. The van der Waals surface area contributed by atoms with E-state index in [1.165, 1.54) is 12.1 Å². The quantitative estimate of drug-likeness (QED) is 0.767. The number of nitrogens with one attached hydrogen (secondary N) is 1. The number of carboxylic acid groups (broad SMARTS) is 1. The molecule has 1 aromatic rings. The van der Waals surface area contributed by atoms with E-state index in [-0.39, 0.29) is 11.6 Å². The van der Waals surface area contributed by atoms with Gasteiger partial charge < -0.3 is 20.4 Å². The highest BCUT2D eigenvalue weighted by Crippen LogP contribution is 2.18. The van der Waals surface area contributed by atoms with Crippen molar-refractivity contribution in [2.75, 3.05) is 18.4 Å². The van der Waals surface area contributed by atoms with Crippen molar-refractivity contribution < 1.29 is 19.8 Å². The number of amides is 2. The van der Waals surface area contributed by atoms with Crippen molar-refractivity contribution in [3.8, 4) is 0 Å². The van der Waals surface area contributed by atoms with E-state index in [2.05, 4.69) is 5.32 Å². The van der Waals surface area contributed by atoms with Crippen molar-refractivity contribution >= 4 is 17.7 Å². The van der Waals surface area contributed by atoms with Gasteiger partial charge in [0.25, 0.3) is 0 Å². The van der Waals surface area contributed by atoms with Crippen LogP contribution >= 0.6 is 0 Å². The van der Waals surface area contributed by atoms with Crippen molar-refractivity contribution in [1.29, 1.82) is 0 Å². The van der Waals surface area contributed by atoms with Crippen LogP contribution in [0.2, 0.25) is 0 Å². The molecule has 6 nitrogen and oxygen atoms in total. The molecular formula is C14H18N2O4. The van der Waals surface area contributed by atoms with Gasteiger partial charge in [0.15, 0.2) is 0 Å². The molecule has 0 aliphatic carbocycles. The molecule has 3 N–H and O–H groups in total. The normalized spacial score (nSPS) is 18.7. The van der Waals surface area contributed by atoms with Crippen LogP contribution in [-0.4, -0.2) is 46.3 Å². The fraction of sp³-hybridized carbons (Fsp3) is 0.429. The Kier molecular flexibility index (Phi) is 4.24. The Balaban J connectivity index is 2.06. The van der Waals surface area contributed by atoms with Gasteiger partial charge >= 0.3 is 12.0 Å². The maximum absolute atomic E-state index is 12.1. The molecule has 108 valence electrons. The van der Waals surface area contributed by atoms with E-state index in [1.54, 1.807) is 17.9 Å². The van der Waals surface area contributed by atoms with Crippen LogP contribution in [0.5, 0.6) is 0 Å². The van der Waals surface area contributed by atoms with Gasteiger partial charge in [0.05, 0.1) is 11.7 Å². The van der Waals surface area contributed by atoms with Crippen LogP contribution in [0.25, 0.3) is 0 Å². The molecule has 0 bridgehead atoms. The number of aliphatic hydroxyl groups is 1. The predicted octanol–water partition coefficient (Wildman–Crippen LogP) is 1.68. The fourth-order valence-corrected chi connectivity index (χ4v) is 2.27. The van der Waals surface area contributed by atoms with Crippen molar-refractivity contribution in [1.82, 2.24) is 4.90 Å². The number of carbonyl (C=O) groups is 2. The molecule has 0 saturated carbocycles. The monoisotopic (exact) mass is 278 g/mol. The number of rotatable bonds is 2. The standard InChI is InChI=1S/C14H18N2O4/c1-9-7-10(13(18)19)4-5-12(9)15-14(20)16-6-2-3-11(17)8-16/h4-5,7,11,17H,2-3,6,8H2,1H3,(H,15,20)(H,18,19). The summed E-state index contributed by atoms with van der Waals surface area (Å²) in [6.07, 6.45) is 1.03. The molecule has 20 heavy (non-hydrogen) atoms. The van der Waals surface area contributed by atoms with Gasteiger partial charge in [-0.05, 0) is 43.5 Å². The molecule has 0 radical (unpaired) electrons. The van der Waals surface area contributed by atoms with Gasteiger partial charge in [-0.15, -0.1) is 0 Å². The summed E-state index contributed by atoms with van der Waals surface area (Å²) in [5, 5.41) is 21.2. The number of benzene rings is 1. The Hall–Kier alpha value is -2.08. The Morgan fingerprint density at radius 3 is 2.75 bits per heavy atom. The van der Waals surface area contributed by atoms with E-state index in [4.69, 9.17) is 5.11 Å². The zero-order valence-corrected chi connectivity index (χ0v) is 11.3. The molecule has 6 heteroatoms. The fourth-order valence-electron chi connectivity index (χ4n) is 2.27. The van der Waals surface area contributed by atoms with Gasteiger partial charge in [-0.1, -0.05) is 0 Å². The number of β-amino-alcohol motifs (C(OH)–C–C–N with tert-alkyl or cyclic N) is 1. The molecule has 1 heterocycles. The van der Waals surface area contributed by atoms with Crippen LogP contribution in [0, 0.1) is 6.92 Å². The molecule has 0 aromatic heterocycles. The van der Waals surface area contributed by atoms with Crippen molar-refractivity contribution in [2.24, 2.45) is 0 Å². The maximum atomic E-state index is 12.1. The second kappa shape index (κ2) is 5.92. The third-order valence-corrected chi connectivity index (χ3v) is 3.40. The third kappa shape index (κ3) is 3.27. The van der Waals surface area contributed by atoms with Gasteiger partial charge in [0.1, 0.15) is 0 Å². The van der Waals surface area contributed by atoms with Gasteiger partial charge in [-0.25, -0.2) is 9.59 Å². The van der Waals surface area contributed by atoms with Crippen molar-refractivity contribution in [2.45, 2.75) is 25.9 Å². The zero-order chi connectivity index (χ0) is 14.7. The van der Waals surface area contributed by atoms with E-state index in [0.717, 1.165) is 12.8 Å². The minimum absolute atomic E-state index is 0.189. The van der Waals surface area contributed by atoms with E-state index >= 15 is 0 Å². The lowest BCUT2D eigenvalue weighted by molar-refractivity contribution is 0.0696. The third-order valence-electron chi connectivity index (χ3n) is 3.40. The van der Waals surface area contributed by atoms with E-state index in [0.29, 0.717) is 24.3 Å². The first-order valence-corrected chi connectivity index (χ1v) is 6.55. The molecule has 2 rings (SSSR count). The van der Waals surface area contributed by atoms with Crippen LogP contribution in [0.4, 0.5) is 10.5 Å². The molecule has 1 unspecified atom stereocenters. The molecule has 1 aromatic carbocycles. The molecule has 1 atom stereocenters. The summed E-state index contributed by atoms with van der Waals surface area (Å²) < 4.78 is 0. The highest BCUT2D eigenvalue weighted by molar-refractivity contribution is 5.92. The first kappa shape index (κ1) is 14.3. The van der Waals surface area contributed by atoms with Crippen molar-refractivity contribution in [3.05, 3.63) is 29.3 Å². The highest BCUT2D eigenvalue weighted by Gasteiger charge is 2.22. The number of carboxylic acids is 1. The number of aryl methyl sites for hydroxylation is 1. The number of aromatic carboxylic acids is 1. The number of piperidine rings is 1. The van der Waals surface area contributed by atoms with E-state index < -0.39 is 12.1 Å². The molecule has 2 amide bonds. The molecule has 1 aliphatic heterocycles. The molecule has 1 fully saturated rings. The summed E-state index contributed by atoms with van der Waals surface area (Å²) in [6.45, 7) is 2.69. The minimum Gasteiger partial charge on any atom is -0.478 e. The molecule has 1 aliphatic rings. The number of hydrogen-bond donors (Lipinski definition) is 3. The maximum Gasteiger partial charge on any atom is 0.335 e. The average Bonchev–Trinajstić information content (AvgIpc) is 2.40. The topological polar surface area (TPSA) is 89.9 Å². The summed E-state index contributed by atoms with van der Waals surface area (Å²) in [6, 6.07) is 4.28. The second-order valence-electron chi connectivity index (χ2n) is 5.01. The lowest BCUT2D eigenvalue weighted by atomic mass is 10.1. The molecule has 0 spiro atoms. The summed E-state index contributed by atoms with van der Waals surface area (Å²) in [5.41, 5.74) is 1.46. The van der Waals surface area contributed by atoms with Gasteiger partial charge in [-0.2, -0.15) is 0 Å². The number of aliphatic hydroxyl groups excluding tert-OH is 1. The van der Waals surface area contributed by atoms with E-state index in [9.17, 15) is 14.7 Å². The number of anilines is 1. The highest BCUT2D eigenvalue weighted by atomic mass is 16.4. The van der Waals surface area contributed by atoms with Crippen LogP contribution in [0.1, 0.15) is 28.8 Å².